The van der Waals surface area contributed by atoms with Crippen LogP contribution in [0.15, 0.2) is 46.0 Å². The van der Waals surface area contributed by atoms with E-state index in [1.165, 1.54) is 5.56 Å². The molecule has 0 atom stereocenters. The number of fused-ring (bicyclic) bond motifs is 1. The van der Waals surface area contributed by atoms with Gasteiger partial charge in [-0.3, -0.25) is 4.57 Å². The summed E-state index contributed by atoms with van der Waals surface area (Å²) in [4.78, 5) is 0. The molecule has 1 aromatic heterocycles. The smallest absolute Gasteiger partial charge is 0.191 e. The Morgan fingerprint density at radius 2 is 1.93 bits per heavy atom. The van der Waals surface area contributed by atoms with E-state index in [-0.39, 0.29) is 0 Å². The molecule has 0 aliphatic carbocycles. The lowest BCUT2D eigenvalue weighted by molar-refractivity contribution is 0.171. The van der Waals surface area contributed by atoms with E-state index in [1.54, 1.807) is 18.9 Å². The Bertz CT molecular complexity index is 1010. The monoisotopic (exact) mass is 475 g/mol. The normalized spacial score (nSPS) is 12.9. The fraction of sp³-hybridized carbons (Fsp3) is 0.333. The second kappa shape index (κ2) is 9.19. The van der Waals surface area contributed by atoms with E-state index in [0.717, 1.165) is 43.8 Å². The van der Waals surface area contributed by atoms with Crippen LogP contribution in [-0.2, 0) is 17.0 Å². The Labute approximate surface area is 182 Å². The Kier molecular flexibility index (Phi) is 6.42. The van der Waals surface area contributed by atoms with Gasteiger partial charge < -0.3 is 14.2 Å². The molecule has 3 aromatic rings. The predicted octanol–water partition coefficient (Wildman–Crippen LogP) is 4.73. The van der Waals surface area contributed by atoms with E-state index < -0.39 is 0 Å². The Balaban J connectivity index is 1.59. The number of thioether (sulfide) groups is 1. The summed E-state index contributed by atoms with van der Waals surface area (Å²) in [5.74, 6) is 3.16. The summed E-state index contributed by atoms with van der Waals surface area (Å²) in [5, 5.41) is 9.78. The molecule has 0 radical (unpaired) electrons. The van der Waals surface area contributed by atoms with Crippen molar-refractivity contribution in [3.63, 3.8) is 0 Å². The van der Waals surface area contributed by atoms with Crippen molar-refractivity contribution in [1.29, 1.82) is 0 Å². The molecule has 0 fully saturated rings. The fourth-order valence-electron chi connectivity index (χ4n) is 3.14. The zero-order chi connectivity index (χ0) is 20.2. The van der Waals surface area contributed by atoms with Gasteiger partial charge in [0.25, 0.3) is 0 Å². The summed E-state index contributed by atoms with van der Waals surface area (Å²) >= 11 is 5.29. The third-order valence-corrected chi connectivity index (χ3v) is 6.33. The maximum Gasteiger partial charge on any atom is 0.191 e. The van der Waals surface area contributed by atoms with Gasteiger partial charge in [-0.05, 0) is 30.7 Å². The number of aromatic nitrogens is 3. The fourth-order valence-corrected chi connectivity index (χ4v) is 4.74. The van der Waals surface area contributed by atoms with Crippen molar-refractivity contribution in [1.82, 2.24) is 14.8 Å². The highest BCUT2D eigenvalue weighted by Crippen LogP contribution is 2.38. The van der Waals surface area contributed by atoms with Crippen LogP contribution < -0.4 is 9.47 Å². The van der Waals surface area contributed by atoms with Crippen molar-refractivity contribution >= 4 is 27.7 Å². The first-order valence-corrected chi connectivity index (χ1v) is 11.1. The molecular weight excluding hydrogens is 454 g/mol. The lowest BCUT2D eigenvalue weighted by Crippen LogP contribution is -2.15. The van der Waals surface area contributed by atoms with Crippen molar-refractivity contribution in [2.45, 2.75) is 24.4 Å². The van der Waals surface area contributed by atoms with E-state index in [1.807, 2.05) is 18.2 Å². The highest BCUT2D eigenvalue weighted by atomic mass is 79.9. The molecule has 4 rings (SSSR count). The van der Waals surface area contributed by atoms with Crippen molar-refractivity contribution in [2.24, 2.45) is 0 Å². The average Bonchev–Trinajstić information content (AvgIpc) is 3.13. The van der Waals surface area contributed by atoms with Gasteiger partial charge in [-0.2, -0.15) is 0 Å². The van der Waals surface area contributed by atoms with Gasteiger partial charge in [-0.25, -0.2) is 0 Å². The summed E-state index contributed by atoms with van der Waals surface area (Å²) in [5.41, 5.74) is 3.37. The highest BCUT2D eigenvalue weighted by Gasteiger charge is 2.18. The molecule has 0 amide bonds. The van der Waals surface area contributed by atoms with Gasteiger partial charge in [-0.1, -0.05) is 51.5 Å². The van der Waals surface area contributed by atoms with E-state index in [0.29, 0.717) is 26.4 Å². The minimum Gasteiger partial charge on any atom is -0.486 e. The maximum atomic E-state index is 5.72. The third kappa shape index (κ3) is 4.60. The van der Waals surface area contributed by atoms with Crippen LogP contribution in [0.4, 0.5) is 0 Å². The highest BCUT2D eigenvalue weighted by molar-refractivity contribution is 9.10. The number of rotatable bonds is 7. The molecule has 8 heteroatoms. The molecular formula is C21H22BrN3O3S. The van der Waals surface area contributed by atoms with Crippen LogP contribution in [0.3, 0.4) is 0 Å². The molecule has 0 saturated heterocycles. The first-order chi connectivity index (χ1) is 14.2. The number of benzene rings is 2. The summed E-state index contributed by atoms with van der Waals surface area (Å²) < 4.78 is 19.8. The summed E-state index contributed by atoms with van der Waals surface area (Å²) in [7, 11) is 1.70. The van der Waals surface area contributed by atoms with Crippen molar-refractivity contribution in [3.05, 3.63) is 52.0 Å². The number of hydrogen-bond donors (Lipinski definition) is 0. The number of aryl methyl sites for hydroxylation is 1. The zero-order valence-electron chi connectivity index (χ0n) is 16.4. The predicted molar refractivity (Wildman–Crippen MR) is 117 cm³/mol. The van der Waals surface area contributed by atoms with Crippen LogP contribution in [-0.4, -0.2) is 41.7 Å². The van der Waals surface area contributed by atoms with Gasteiger partial charge >= 0.3 is 0 Å². The van der Waals surface area contributed by atoms with Crippen LogP contribution in [0.5, 0.6) is 11.5 Å². The molecule has 29 heavy (non-hydrogen) atoms. The van der Waals surface area contributed by atoms with Crippen molar-refractivity contribution in [3.8, 4) is 22.9 Å². The molecule has 2 aromatic carbocycles. The van der Waals surface area contributed by atoms with Crippen molar-refractivity contribution in [2.75, 3.05) is 26.9 Å². The molecule has 2 heterocycles. The molecule has 0 bridgehead atoms. The van der Waals surface area contributed by atoms with Gasteiger partial charge in [0, 0.05) is 22.9 Å². The SMILES string of the molecule is COCCn1c(SCc2cc3c(cc2Br)OCCO3)nnc1-c1cccc(C)c1. The van der Waals surface area contributed by atoms with E-state index >= 15 is 0 Å². The van der Waals surface area contributed by atoms with E-state index in [4.69, 9.17) is 14.2 Å². The number of nitrogens with zero attached hydrogens (tertiary/aromatic N) is 3. The number of halogens is 1. The zero-order valence-corrected chi connectivity index (χ0v) is 18.8. The Morgan fingerprint density at radius 3 is 2.69 bits per heavy atom. The van der Waals surface area contributed by atoms with Crippen LogP contribution in [0, 0.1) is 6.92 Å². The van der Waals surface area contributed by atoms with E-state index in [2.05, 4.69) is 55.8 Å². The van der Waals surface area contributed by atoms with E-state index in [9.17, 15) is 0 Å². The molecule has 0 spiro atoms. The minimum atomic E-state index is 0.576. The van der Waals surface area contributed by atoms with Crippen LogP contribution in [0.2, 0.25) is 0 Å². The van der Waals surface area contributed by atoms with Crippen LogP contribution >= 0.6 is 27.7 Å². The lowest BCUT2D eigenvalue weighted by Gasteiger charge is -2.19. The molecule has 6 nitrogen and oxygen atoms in total. The number of methoxy groups -OCH3 is 1. The summed E-state index contributed by atoms with van der Waals surface area (Å²) in [6.07, 6.45) is 0. The minimum absolute atomic E-state index is 0.576. The largest absolute Gasteiger partial charge is 0.486 e. The average molecular weight is 476 g/mol. The molecule has 152 valence electrons. The number of ether oxygens (including phenoxy) is 3. The third-order valence-electron chi connectivity index (χ3n) is 4.58. The van der Waals surface area contributed by atoms with Gasteiger partial charge in [0.15, 0.2) is 22.5 Å². The standard InChI is InChI=1S/C21H22BrN3O3S/c1-14-4-3-5-15(10-14)20-23-24-21(25(20)6-7-26-2)29-13-16-11-18-19(12-17(16)22)28-9-8-27-18/h3-5,10-12H,6-9,13H2,1-2H3. The van der Waals surface area contributed by atoms with Gasteiger partial charge in [0.2, 0.25) is 0 Å². The van der Waals surface area contributed by atoms with Gasteiger partial charge in [0.1, 0.15) is 13.2 Å². The molecule has 1 aliphatic rings. The number of hydrogen-bond acceptors (Lipinski definition) is 6. The second-order valence-electron chi connectivity index (χ2n) is 6.70. The van der Waals surface area contributed by atoms with Crippen LogP contribution in [0.1, 0.15) is 11.1 Å². The second-order valence-corrected chi connectivity index (χ2v) is 8.49. The molecule has 0 saturated carbocycles. The first kappa shape index (κ1) is 20.3. The Morgan fingerprint density at radius 1 is 1.14 bits per heavy atom. The summed E-state index contributed by atoms with van der Waals surface area (Å²) in [6, 6.07) is 12.3. The maximum absolute atomic E-state index is 5.72. The molecule has 0 unspecified atom stereocenters. The topological polar surface area (TPSA) is 58.4 Å². The first-order valence-electron chi connectivity index (χ1n) is 9.35. The molecule has 1 aliphatic heterocycles. The van der Waals surface area contributed by atoms with Crippen molar-refractivity contribution < 1.29 is 14.2 Å². The summed E-state index contributed by atoms with van der Waals surface area (Å²) in [6.45, 7) is 4.52. The Hall–Kier alpha value is -2.03. The molecule has 0 N–H and O–H groups in total. The quantitative estimate of drug-likeness (QED) is 0.460. The lowest BCUT2D eigenvalue weighted by atomic mass is 10.1. The van der Waals surface area contributed by atoms with Crippen LogP contribution in [0.25, 0.3) is 11.4 Å². The van der Waals surface area contributed by atoms with Gasteiger partial charge in [-0.15, -0.1) is 10.2 Å². The van der Waals surface area contributed by atoms with Gasteiger partial charge in [0.05, 0.1) is 13.2 Å².